The quantitative estimate of drug-likeness (QED) is 0.174. The Morgan fingerprint density at radius 2 is 0.942 bits per heavy atom. The molecule has 1 aliphatic heterocycles. The minimum atomic E-state index is 0.553. The maximum absolute atomic E-state index is 7.30. The predicted molar refractivity (Wildman–Crippen MR) is 291 cm³/mol. The van der Waals surface area contributed by atoms with E-state index in [1.165, 1.54) is 48.5 Å². The Morgan fingerprint density at radius 1 is 0.406 bits per heavy atom. The Hall–Kier alpha value is -9.06. The summed E-state index contributed by atoms with van der Waals surface area (Å²) >= 11 is 0. The molecule has 14 aromatic rings. The Morgan fingerprint density at radius 3 is 1.59 bits per heavy atom. The van der Waals surface area contributed by atoms with Crippen molar-refractivity contribution in [2.75, 3.05) is 0 Å². The summed E-state index contributed by atoms with van der Waals surface area (Å²) in [7, 11) is 0. The molecule has 3 aromatic heterocycles. The first-order valence-electron chi connectivity index (χ1n) is 23.7. The van der Waals surface area contributed by atoms with E-state index in [1.807, 2.05) is 0 Å². The highest BCUT2D eigenvalue weighted by Crippen LogP contribution is 2.45. The molecule has 0 aliphatic carbocycles. The predicted octanol–water partition coefficient (Wildman–Crippen LogP) is 16.9. The number of aromatic nitrogens is 2. The number of hydrogen-bond acceptors (Lipinski definition) is 3. The molecule has 5 nitrogen and oxygen atoms in total. The smallest absolute Gasteiger partial charge is 0.235 e. The van der Waals surface area contributed by atoms with Crippen molar-refractivity contribution in [3.63, 3.8) is 0 Å². The van der Waals surface area contributed by atoms with Crippen LogP contribution in [0.3, 0.4) is 0 Å². The van der Waals surface area contributed by atoms with Crippen LogP contribution in [0.1, 0.15) is 24.5 Å². The molecular formula is C64H40N4O. The average molecular weight is 881 g/mol. The van der Waals surface area contributed by atoms with Gasteiger partial charge in [-0.05, 0) is 110 Å². The highest BCUT2D eigenvalue weighted by atomic mass is 16.3. The largest absolute Gasteiger partial charge is 0.454 e. The number of rotatable bonds is 3. The van der Waals surface area contributed by atoms with Crippen molar-refractivity contribution in [3.05, 3.63) is 229 Å². The monoisotopic (exact) mass is 880 g/mol. The van der Waals surface area contributed by atoms with E-state index in [4.69, 9.17) is 14.4 Å². The zero-order chi connectivity index (χ0) is 45.3. The maximum Gasteiger partial charge on any atom is 0.235 e. The summed E-state index contributed by atoms with van der Waals surface area (Å²) in [5.74, 6) is 0.614. The fourth-order valence-electron chi connectivity index (χ4n) is 11.4. The fraction of sp³-hybridized carbons (Fsp3) is 0.0312. The van der Waals surface area contributed by atoms with Gasteiger partial charge in [-0.1, -0.05) is 158 Å². The summed E-state index contributed by atoms with van der Waals surface area (Å²) in [5, 5.41) is 16.3. The molecule has 0 bridgehead atoms. The summed E-state index contributed by atoms with van der Waals surface area (Å²) in [5.41, 5.74) is 11.9. The first-order valence-corrected chi connectivity index (χ1v) is 23.7. The van der Waals surface area contributed by atoms with Gasteiger partial charge in [0.15, 0.2) is 5.58 Å². The number of nitrogens with zero attached hydrogens (tertiary/aromatic N) is 4. The van der Waals surface area contributed by atoms with Gasteiger partial charge < -0.3 is 8.98 Å². The van der Waals surface area contributed by atoms with Crippen LogP contribution in [0.5, 0.6) is 0 Å². The lowest BCUT2D eigenvalue weighted by molar-refractivity contribution is 0.666. The van der Waals surface area contributed by atoms with Crippen molar-refractivity contribution in [2.45, 2.75) is 13.3 Å². The molecule has 0 saturated carbocycles. The molecule has 1 aliphatic rings. The molecule has 322 valence electrons. The normalized spacial score (nSPS) is 13.6. The Bertz CT molecular complexity index is 4500. The van der Waals surface area contributed by atoms with Crippen molar-refractivity contribution in [1.82, 2.24) is 9.13 Å². The Kier molecular flexibility index (Phi) is 7.99. The maximum atomic E-state index is 7.30. The van der Waals surface area contributed by atoms with Crippen LogP contribution in [0.25, 0.3) is 120 Å². The first-order chi connectivity index (χ1) is 34.1. The van der Waals surface area contributed by atoms with Crippen LogP contribution >= 0.6 is 0 Å². The lowest BCUT2D eigenvalue weighted by Gasteiger charge is -2.17. The molecule has 0 saturated heterocycles. The zero-order valence-electron chi connectivity index (χ0n) is 37.6. The highest BCUT2D eigenvalue weighted by Gasteiger charge is 2.28. The molecule has 0 atom stereocenters. The molecule has 0 spiro atoms. The number of aliphatic imine (C=N–C) groups is 2. The van der Waals surface area contributed by atoms with Crippen LogP contribution in [0.4, 0.5) is 0 Å². The van der Waals surface area contributed by atoms with Gasteiger partial charge in [-0.15, -0.1) is 0 Å². The Balaban J connectivity index is 1.09. The summed E-state index contributed by atoms with van der Waals surface area (Å²) in [6.07, 6.45) is 0.553. The second kappa shape index (κ2) is 14.5. The van der Waals surface area contributed by atoms with Crippen LogP contribution in [-0.2, 0) is 0 Å². The molecule has 0 unspecified atom stereocenters. The van der Waals surface area contributed by atoms with E-state index in [1.54, 1.807) is 0 Å². The van der Waals surface area contributed by atoms with Crippen LogP contribution < -0.4 is 0 Å². The first kappa shape index (κ1) is 38.1. The van der Waals surface area contributed by atoms with Gasteiger partial charge in [0.25, 0.3) is 0 Å². The molecule has 11 aromatic carbocycles. The summed E-state index contributed by atoms with van der Waals surface area (Å²) in [6.45, 7) is 2.22. The van der Waals surface area contributed by atoms with Gasteiger partial charge in [-0.3, -0.25) is 4.57 Å². The summed E-state index contributed by atoms with van der Waals surface area (Å²) < 4.78 is 12.0. The number of fused-ring (bicyclic) bond motifs is 14. The van der Waals surface area contributed by atoms with Crippen molar-refractivity contribution in [1.29, 1.82) is 0 Å². The van der Waals surface area contributed by atoms with E-state index in [0.29, 0.717) is 12.4 Å². The second-order valence-electron chi connectivity index (χ2n) is 18.6. The number of para-hydroxylation sites is 2. The van der Waals surface area contributed by atoms with Gasteiger partial charge in [0.2, 0.25) is 5.96 Å². The number of benzene rings is 11. The van der Waals surface area contributed by atoms with Crippen LogP contribution in [0, 0.1) is 0 Å². The average Bonchev–Trinajstić information content (AvgIpc) is 4.01. The number of allylic oxidation sites excluding steroid dienone is 1. The third-order valence-corrected chi connectivity index (χ3v) is 14.6. The number of furan rings is 1. The molecule has 15 rings (SSSR count). The van der Waals surface area contributed by atoms with Crippen molar-refractivity contribution >= 4 is 126 Å². The summed E-state index contributed by atoms with van der Waals surface area (Å²) in [6, 6.07) is 76.8. The molecule has 69 heavy (non-hydrogen) atoms. The SMILES string of the molecule is CC1=C(c2ccc3ccccc3c2)N=C(n2c3ccccc3c3ccccc32)N=C(c2ccc3c(oc4ccc5ccccc5c43)c2-n2c3cc4ccccc4cc3c3cc4ccccc4cc32)C1. The molecular weight excluding hydrogens is 841 g/mol. The molecule has 5 heteroatoms. The molecule has 0 amide bonds. The van der Waals surface area contributed by atoms with Gasteiger partial charge in [-0.25, -0.2) is 9.98 Å². The lowest BCUT2D eigenvalue weighted by atomic mass is 9.95. The van der Waals surface area contributed by atoms with Gasteiger partial charge in [-0.2, -0.15) is 0 Å². The summed E-state index contributed by atoms with van der Waals surface area (Å²) in [4.78, 5) is 11.5. The van der Waals surface area contributed by atoms with E-state index in [0.717, 1.165) is 94.0 Å². The van der Waals surface area contributed by atoms with E-state index in [9.17, 15) is 0 Å². The van der Waals surface area contributed by atoms with E-state index >= 15 is 0 Å². The minimum Gasteiger partial charge on any atom is -0.454 e. The van der Waals surface area contributed by atoms with Gasteiger partial charge in [0.1, 0.15) is 5.58 Å². The minimum absolute atomic E-state index is 0.553. The Labute approximate surface area is 395 Å². The van der Waals surface area contributed by atoms with E-state index in [-0.39, 0.29) is 0 Å². The van der Waals surface area contributed by atoms with Crippen LogP contribution in [0.15, 0.2) is 232 Å². The number of hydrogen-bond donors (Lipinski definition) is 0. The van der Waals surface area contributed by atoms with E-state index < -0.39 is 0 Å². The standard InChI is InChI=1S/C64H40N4O/c1-38-32-54(65-64(66-61(38)46-27-26-39-14-2-3-16-41(39)33-46)68-55-24-12-10-22-48(55)49-23-11-13-25-56(49)68)50-29-30-51-60-47-21-9-8-15-40(47)28-31-59(60)69-63(51)62(50)67-57-36-44-19-6-4-17-42(44)34-52(57)53-35-43-18-5-7-20-45(43)37-58(53)67/h2-31,33-37H,32H2,1H3. The van der Waals surface area contributed by atoms with Crippen LogP contribution in [0.2, 0.25) is 0 Å². The third kappa shape index (κ3) is 5.65. The highest BCUT2D eigenvalue weighted by molar-refractivity contribution is 6.26. The van der Waals surface area contributed by atoms with Crippen molar-refractivity contribution < 1.29 is 4.42 Å². The molecule has 0 fully saturated rings. The van der Waals surface area contributed by atoms with Gasteiger partial charge >= 0.3 is 0 Å². The second-order valence-corrected chi connectivity index (χ2v) is 18.6. The van der Waals surface area contributed by atoms with Crippen molar-refractivity contribution in [3.8, 4) is 5.69 Å². The zero-order valence-corrected chi connectivity index (χ0v) is 37.6. The molecule has 4 heterocycles. The fourth-order valence-corrected chi connectivity index (χ4v) is 11.4. The topological polar surface area (TPSA) is 47.7 Å². The van der Waals surface area contributed by atoms with Gasteiger partial charge in [0.05, 0.1) is 39.2 Å². The third-order valence-electron chi connectivity index (χ3n) is 14.6. The molecule has 0 N–H and O–H groups in total. The molecule has 0 radical (unpaired) electrons. The van der Waals surface area contributed by atoms with E-state index in [2.05, 4.69) is 228 Å². The van der Waals surface area contributed by atoms with Crippen molar-refractivity contribution in [2.24, 2.45) is 9.98 Å². The van der Waals surface area contributed by atoms with Crippen LogP contribution in [-0.4, -0.2) is 20.8 Å². The lowest BCUT2D eigenvalue weighted by Crippen LogP contribution is -2.14. The van der Waals surface area contributed by atoms with Gasteiger partial charge in [0, 0.05) is 49.9 Å².